The summed E-state index contributed by atoms with van der Waals surface area (Å²) in [6, 6.07) is 12.1. The third-order valence-corrected chi connectivity index (χ3v) is 6.45. The van der Waals surface area contributed by atoms with Crippen LogP contribution in [0.15, 0.2) is 53.5 Å². The number of halogens is 1. The van der Waals surface area contributed by atoms with Gasteiger partial charge in [-0.25, -0.2) is 4.39 Å². The van der Waals surface area contributed by atoms with Crippen LogP contribution in [-0.4, -0.2) is 47.5 Å². The Bertz CT molecular complexity index is 1280. The Morgan fingerprint density at radius 3 is 2.38 bits per heavy atom. The number of nitrogens with one attached hydrogen (secondary N) is 1. The molecule has 8 heteroatoms. The highest BCUT2D eigenvalue weighted by Gasteiger charge is 2.24. The maximum Gasteiger partial charge on any atom is 0.257 e. The Balaban J connectivity index is 1.67. The molecule has 1 aliphatic heterocycles. The molecule has 3 aromatic rings. The number of hydrogen-bond acceptors (Lipinski definition) is 4. The molecule has 0 aliphatic carbocycles. The van der Waals surface area contributed by atoms with Gasteiger partial charge in [0.2, 0.25) is 11.3 Å². The van der Waals surface area contributed by atoms with Crippen molar-refractivity contribution in [1.82, 2.24) is 14.8 Å². The topological polar surface area (TPSA) is 74.7 Å². The van der Waals surface area contributed by atoms with Gasteiger partial charge in [0.1, 0.15) is 11.4 Å². The molecule has 0 unspecified atom stereocenters. The molecule has 34 heavy (non-hydrogen) atoms. The lowest BCUT2D eigenvalue weighted by Crippen LogP contribution is -2.48. The van der Waals surface area contributed by atoms with E-state index in [1.165, 1.54) is 13.0 Å². The molecule has 2 heterocycles. The van der Waals surface area contributed by atoms with Crippen LogP contribution < -0.4 is 15.6 Å². The lowest BCUT2D eigenvalue weighted by atomic mass is 10.1. The first-order valence-corrected chi connectivity index (χ1v) is 11.5. The molecule has 0 radical (unpaired) electrons. The zero-order chi connectivity index (χ0) is 24.4. The number of rotatable bonds is 5. The van der Waals surface area contributed by atoms with Gasteiger partial charge in [-0.05, 0) is 31.5 Å². The predicted octanol–water partition coefficient (Wildman–Crippen LogP) is 3.32. The third-order valence-electron chi connectivity index (χ3n) is 6.45. The molecule has 1 saturated heterocycles. The van der Waals surface area contributed by atoms with Gasteiger partial charge in [0.05, 0.1) is 17.2 Å². The largest absolute Gasteiger partial charge is 0.366 e. The van der Waals surface area contributed by atoms with Gasteiger partial charge in [0, 0.05) is 51.2 Å². The normalized spacial score (nSPS) is 14.8. The SMILES string of the molecule is CCn1cc(C(=O)N[C@H](C)c2ccccc2)c(=O)c2cc(F)c(N3CCN(C(C)=O)CC3)cc21. The maximum absolute atomic E-state index is 15.2. The van der Waals surface area contributed by atoms with Crippen molar-refractivity contribution < 1.29 is 14.0 Å². The maximum atomic E-state index is 15.2. The number of pyridine rings is 1. The summed E-state index contributed by atoms with van der Waals surface area (Å²) < 4.78 is 17.0. The van der Waals surface area contributed by atoms with E-state index in [1.807, 2.05) is 49.1 Å². The number of fused-ring (bicyclic) bond motifs is 1. The average Bonchev–Trinajstić information content (AvgIpc) is 2.84. The Hall–Kier alpha value is -3.68. The molecular formula is C26H29FN4O3. The van der Waals surface area contributed by atoms with Crippen LogP contribution in [0.1, 0.15) is 42.7 Å². The van der Waals surface area contributed by atoms with Crippen molar-refractivity contribution in [3.05, 3.63) is 75.8 Å². The van der Waals surface area contributed by atoms with Crippen LogP contribution in [0.5, 0.6) is 0 Å². The van der Waals surface area contributed by atoms with E-state index in [1.54, 1.807) is 21.7 Å². The van der Waals surface area contributed by atoms with E-state index in [-0.39, 0.29) is 22.9 Å². The first kappa shape index (κ1) is 23.5. The zero-order valence-corrected chi connectivity index (χ0v) is 19.7. The minimum absolute atomic E-state index is 0.00541. The first-order chi connectivity index (χ1) is 16.3. The van der Waals surface area contributed by atoms with Crippen molar-refractivity contribution in [3.8, 4) is 0 Å². The van der Waals surface area contributed by atoms with Gasteiger partial charge in [0.15, 0.2) is 0 Å². The lowest BCUT2D eigenvalue weighted by molar-refractivity contribution is -0.129. The molecule has 1 aliphatic rings. The lowest BCUT2D eigenvalue weighted by Gasteiger charge is -2.36. The van der Waals surface area contributed by atoms with Gasteiger partial charge in [0.25, 0.3) is 5.91 Å². The molecule has 0 bridgehead atoms. The molecular weight excluding hydrogens is 435 g/mol. The summed E-state index contributed by atoms with van der Waals surface area (Å²) in [5.41, 5.74) is 1.38. The van der Waals surface area contributed by atoms with E-state index in [0.29, 0.717) is 43.9 Å². The Morgan fingerprint density at radius 1 is 1.09 bits per heavy atom. The number of hydrogen-bond donors (Lipinski definition) is 1. The highest BCUT2D eigenvalue weighted by atomic mass is 19.1. The second-order valence-corrected chi connectivity index (χ2v) is 8.58. The van der Waals surface area contributed by atoms with Crippen molar-refractivity contribution in [2.24, 2.45) is 0 Å². The van der Waals surface area contributed by atoms with E-state index < -0.39 is 17.2 Å². The number of aryl methyl sites for hydroxylation is 1. The molecule has 2 aromatic carbocycles. The molecule has 0 saturated carbocycles. The molecule has 1 atom stereocenters. The van der Waals surface area contributed by atoms with Crippen molar-refractivity contribution >= 4 is 28.4 Å². The van der Waals surface area contributed by atoms with E-state index in [0.717, 1.165) is 5.56 Å². The molecule has 2 amide bonds. The van der Waals surface area contributed by atoms with Crippen LogP contribution in [0, 0.1) is 5.82 Å². The van der Waals surface area contributed by atoms with Crippen molar-refractivity contribution in [2.75, 3.05) is 31.1 Å². The third kappa shape index (κ3) is 4.53. The van der Waals surface area contributed by atoms with E-state index in [2.05, 4.69) is 5.32 Å². The van der Waals surface area contributed by atoms with Crippen LogP contribution in [0.2, 0.25) is 0 Å². The van der Waals surface area contributed by atoms with Gasteiger partial charge in [-0.1, -0.05) is 30.3 Å². The fraction of sp³-hybridized carbons (Fsp3) is 0.346. The highest BCUT2D eigenvalue weighted by Crippen LogP contribution is 2.26. The Morgan fingerprint density at radius 2 is 1.76 bits per heavy atom. The number of nitrogens with zero attached hydrogens (tertiary/aromatic N) is 3. The summed E-state index contributed by atoms with van der Waals surface area (Å²) >= 11 is 0. The number of benzene rings is 2. The fourth-order valence-corrected chi connectivity index (χ4v) is 4.43. The number of piperazine rings is 1. The number of aromatic nitrogens is 1. The van der Waals surface area contributed by atoms with Crippen LogP contribution in [0.25, 0.3) is 10.9 Å². The minimum Gasteiger partial charge on any atom is -0.366 e. The number of carbonyl (C=O) groups excluding carboxylic acids is 2. The van der Waals surface area contributed by atoms with E-state index in [9.17, 15) is 14.4 Å². The van der Waals surface area contributed by atoms with Crippen LogP contribution in [0.3, 0.4) is 0 Å². The molecule has 1 aromatic heterocycles. The van der Waals surface area contributed by atoms with Crippen LogP contribution >= 0.6 is 0 Å². The smallest absolute Gasteiger partial charge is 0.257 e. The van der Waals surface area contributed by atoms with Crippen molar-refractivity contribution in [1.29, 1.82) is 0 Å². The quantitative estimate of drug-likeness (QED) is 0.629. The van der Waals surface area contributed by atoms with Gasteiger partial charge in [-0.15, -0.1) is 0 Å². The van der Waals surface area contributed by atoms with Gasteiger partial charge >= 0.3 is 0 Å². The minimum atomic E-state index is -0.515. The summed E-state index contributed by atoms with van der Waals surface area (Å²) in [5, 5.41) is 3.05. The predicted molar refractivity (Wildman–Crippen MR) is 131 cm³/mol. The number of amides is 2. The monoisotopic (exact) mass is 464 g/mol. The second-order valence-electron chi connectivity index (χ2n) is 8.58. The van der Waals surface area contributed by atoms with Gasteiger partial charge < -0.3 is 19.7 Å². The average molecular weight is 465 g/mol. The molecule has 4 rings (SSSR count). The molecule has 1 fully saturated rings. The summed E-state index contributed by atoms with van der Waals surface area (Å²) in [5.74, 6) is -1.00. The molecule has 178 valence electrons. The first-order valence-electron chi connectivity index (χ1n) is 11.5. The summed E-state index contributed by atoms with van der Waals surface area (Å²) in [6.45, 7) is 7.86. The second kappa shape index (κ2) is 9.67. The Kier molecular flexibility index (Phi) is 6.68. The van der Waals surface area contributed by atoms with Gasteiger partial charge in [-0.2, -0.15) is 0 Å². The Labute approximate surface area is 197 Å². The van der Waals surface area contributed by atoms with Gasteiger partial charge in [-0.3, -0.25) is 14.4 Å². The molecule has 0 spiro atoms. The van der Waals surface area contributed by atoms with Crippen molar-refractivity contribution in [3.63, 3.8) is 0 Å². The highest BCUT2D eigenvalue weighted by molar-refractivity contribution is 5.98. The summed E-state index contributed by atoms with van der Waals surface area (Å²) in [7, 11) is 0. The van der Waals surface area contributed by atoms with Crippen molar-refractivity contribution in [2.45, 2.75) is 33.4 Å². The van der Waals surface area contributed by atoms with E-state index in [4.69, 9.17) is 0 Å². The molecule has 7 nitrogen and oxygen atoms in total. The van der Waals surface area contributed by atoms with E-state index >= 15 is 4.39 Å². The number of carbonyl (C=O) groups is 2. The molecule has 1 N–H and O–H groups in total. The summed E-state index contributed by atoms with van der Waals surface area (Å²) in [6.07, 6.45) is 1.55. The zero-order valence-electron chi connectivity index (χ0n) is 19.7. The fourth-order valence-electron chi connectivity index (χ4n) is 4.43. The van der Waals surface area contributed by atoms with Crippen LogP contribution in [-0.2, 0) is 11.3 Å². The summed E-state index contributed by atoms with van der Waals surface area (Å²) in [4.78, 5) is 41.4. The number of anilines is 1. The van der Waals surface area contributed by atoms with Crippen LogP contribution in [0.4, 0.5) is 10.1 Å². The standard InChI is InChI=1S/C26H29FN4O3/c1-4-29-16-21(26(34)28-17(2)19-8-6-5-7-9-19)25(33)20-14-22(27)24(15-23(20)29)31-12-10-30(11-13-31)18(3)32/h5-9,14-17H,4,10-13H2,1-3H3,(H,28,34)/t17-/m1/s1.